The number of carbonyl (C=O) groups is 1. The van der Waals surface area contributed by atoms with Crippen LogP contribution in [-0.4, -0.2) is 49.9 Å². The summed E-state index contributed by atoms with van der Waals surface area (Å²) in [6.45, 7) is 3.40. The fraction of sp³-hybridized carbons (Fsp3) is 0.550. The van der Waals surface area contributed by atoms with Crippen LogP contribution in [0.2, 0.25) is 5.15 Å². The van der Waals surface area contributed by atoms with Crippen molar-refractivity contribution in [2.45, 2.75) is 37.8 Å². The maximum Gasteiger partial charge on any atom is 0.226 e. The molecule has 2 aromatic rings. The van der Waals surface area contributed by atoms with Crippen molar-refractivity contribution in [3.8, 4) is 0 Å². The van der Waals surface area contributed by atoms with Crippen LogP contribution in [0.5, 0.6) is 0 Å². The number of halogens is 1. The van der Waals surface area contributed by atoms with Gasteiger partial charge in [0.25, 0.3) is 0 Å². The van der Waals surface area contributed by atoms with Crippen molar-refractivity contribution in [2.24, 2.45) is 13.0 Å². The summed E-state index contributed by atoms with van der Waals surface area (Å²) in [4.78, 5) is 26.5. The summed E-state index contributed by atoms with van der Waals surface area (Å²) in [5, 5.41) is 0.525. The Morgan fingerprint density at radius 1 is 1.33 bits per heavy atom. The van der Waals surface area contributed by atoms with E-state index in [-0.39, 0.29) is 11.5 Å². The van der Waals surface area contributed by atoms with Gasteiger partial charge < -0.3 is 9.47 Å². The Morgan fingerprint density at radius 2 is 2.19 bits per heavy atom. The third-order valence-electron chi connectivity index (χ3n) is 6.31. The molecule has 0 bridgehead atoms. The first-order chi connectivity index (χ1) is 13.1. The Balaban J connectivity index is 1.46. The lowest BCUT2D eigenvalue weighted by atomic mass is 9.85. The molecule has 4 heterocycles. The van der Waals surface area contributed by atoms with Crippen molar-refractivity contribution in [2.75, 3.05) is 19.6 Å². The summed E-state index contributed by atoms with van der Waals surface area (Å²) in [7, 11) is 2.06. The van der Waals surface area contributed by atoms with E-state index in [0.29, 0.717) is 11.1 Å². The summed E-state index contributed by atoms with van der Waals surface area (Å²) in [5.41, 5.74) is 3.26. The quantitative estimate of drug-likeness (QED) is 0.761. The van der Waals surface area contributed by atoms with Crippen molar-refractivity contribution >= 4 is 17.5 Å². The van der Waals surface area contributed by atoms with Crippen LogP contribution in [-0.2, 0) is 30.3 Å². The van der Waals surface area contributed by atoms with Gasteiger partial charge in [-0.2, -0.15) is 0 Å². The molecule has 3 aliphatic rings. The van der Waals surface area contributed by atoms with Gasteiger partial charge in [-0.25, -0.2) is 9.97 Å². The van der Waals surface area contributed by atoms with Crippen LogP contribution in [0.1, 0.15) is 36.2 Å². The van der Waals surface area contributed by atoms with E-state index in [9.17, 15) is 4.79 Å². The number of hydrogen-bond donors (Lipinski definition) is 0. The van der Waals surface area contributed by atoms with Gasteiger partial charge in [0.2, 0.25) is 5.91 Å². The monoisotopic (exact) mass is 385 g/mol. The highest BCUT2D eigenvalue weighted by Crippen LogP contribution is 2.45. The number of fused-ring (bicyclic) bond motifs is 2. The summed E-state index contributed by atoms with van der Waals surface area (Å²) in [6.07, 6.45) is 7.58. The molecule has 1 aliphatic carbocycles. The highest BCUT2D eigenvalue weighted by Gasteiger charge is 2.53. The van der Waals surface area contributed by atoms with Crippen LogP contribution in [0.3, 0.4) is 0 Å². The molecule has 1 saturated heterocycles. The smallest absolute Gasteiger partial charge is 0.226 e. The van der Waals surface area contributed by atoms with Crippen molar-refractivity contribution in [3.63, 3.8) is 0 Å². The molecule has 1 amide bonds. The topological polar surface area (TPSA) is 54.3 Å². The second-order valence-corrected chi connectivity index (χ2v) is 8.53. The second-order valence-electron chi connectivity index (χ2n) is 8.14. The van der Waals surface area contributed by atoms with E-state index in [2.05, 4.69) is 26.4 Å². The highest BCUT2D eigenvalue weighted by atomic mass is 35.5. The zero-order valence-corrected chi connectivity index (χ0v) is 16.3. The third-order valence-corrected chi connectivity index (χ3v) is 6.51. The Morgan fingerprint density at radius 3 is 2.96 bits per heavy atom. The predicted molar refractivity (Wildman–Crippen MR) is 102 cm³/mol. The van der Waals surface area contributed by atoms with Crippen molar-refractivity contribution < 1.29 is 4.79 Å². The maximum absolute atomic E-state index is 13.1. The molecule has 2 aromatic heterocycles. The number of imidazole rings is 1. The molecule has 6 nitrogen and oxygen atoms in total. The highest BCUT2D eigenvalue weighted by molar-refractivity contribution is 6.29. The molecule has 1 spiro atoms. The maximum atomic E-state index is 13.1. The lowest BCUT2D eigenvalue weighted by molar-refractivity contribution is -0.140. The molecule has 7 heteroatoms. The molecule has 5 rings (SSSR count). The van der Waals surface area contributed by atoms with Gasteiger partial charge in [0.1, 0.15) is 10.7 Å². The van der Waals surface area contributed by atoms with E-state index in [1.165, 1.54) is 5.69 Å². The van der Waals surface area contributed by atoms with Crippen LogP contribution < -0.4 is 0 Å². The first kappa shape index (κ1) is 17.2. The number of amides is 1. The molecule has 0 radical (unpaired) electrons. The summed E-state index contributed by atoms with van der Waals surface area (Å²) < 4.78 is 2.13. The molecule has 1 unspecified atom stereocenters. The molecular formula is C20H24ClN5O. The van der Waals surface area contributed by atoms with Gasteiger partial charge in [-0.1, -0.05) is 11.6 Å². The average Bonchev–Trinajstić information content (AvgIpc) is 3.33. The lowest BCUT2D eigenvalue weighted by Crippen LogP contribution is -2.55. The predicted octanol–water partition coefficient (Wildman–Crippen LogP) is 2.36. The first-order valence-corrected chi connectivity index (χ1v) is 10.1. The van der Waals surface area contributed by atoms with Gasteiger partial charge in [-0.05, 0) is 37.0 Å². The van der Waals surface area contributed by atoms with E-state index in [1.807, 2.05) is 18.5 Å². The van der Waals surface area contributed by atoms with Crippen LogP contribution in [0, 0.1) is 5.92 Å². The fourth-order valence-corrected chi connectivity index (χ4v) is 4.99. The summed E-state index contributed by atoms with van der Waals surface area (Å²) in [5.74, 6) is 0.570. The molecule has 0 aromatic carbocycles. The largest absolute Gasteiger partial charge is 0.337 e. The van der Waals surface area contributed by atoms with Crippen LogP contribution in [0.15, 0.2) is 24.7 Å². The van der Waals surface area contributed by atoms with Crippen molar-refractivity contribution in [3.05, 3.63) is 46.8 Å². The van der Waals surface area contributed by atoms with E-state index >= 15 is 0 Å². The molecule has 142 valence electrons. The first-order valence-electron chi connectivity index (χ1n) is 9.72. The SMILES string of the molecule is Cn1cnc2c1CCN(C(=O)C1CC1)C21CCN(Cc2ccnc(Cl)c2)C1. The number of nitrogens with zero attached hydrogens (tertiary/aromatic N) is 5. The number of hydrogen-bond acceptors (Lipinski definition) is 4. The van der Waals surface area contributed by atoms with Gasteiger partial charge in [-0.3, -0.25) is 9.69 Å². The van der Waals surface area contributed by atoms with E-state index in [0.717, 1.165) is 63.1 Å². The fourth-order valence-electron chi connectivity index (χ4n) is 4.79. The van der Waals surface area contributed by atoms with Gasteiger partial charge in [0, 0.05) is 57.5 Å². The Kier molecular flexibility index (Phi) is 4.02. The van der Waals surface area contributed by atoms with Crippen LogP contribution in [0.4, 0.5) is 0 Å². The normalized spacial score (nSPS) is 25.2. The minimum Gasteiger partial charge on any atom is -0.337 e. The number of pyridine rings is 1. The molecule has 2 fully saturated rings. The number of aromatic nitrogens is 3. The van der Waals surface area contributed by atoms with Gasteiger partial charge in [0.05, 0.1) is 12.0 Å². The number of rotatable bonds is 3. The zero-order chi connectivity index (χ0) is 18.6. The molecule has 0 N–H and O–H groups in total. The number of likely N-dealkylation sites (tertiary alicyclic amines) is 1. The number of aryl methyl sites for hydroxylation is 1. The molecular weight excluding hydrogens is 362 g/mol. The summed E-state index contributed by atoms with van der Waals surface area (Å²) in [6, 6.07) is 3.93. The van der Waals surface area contributed by atoms with E-state index < -0.39 is 0 Å². The molecule has 27 heavy (non-hydrogen) atoms. The van der Waals surface area contributed by atoms with Crippen molar-refractivity contribution in [1.29, 1.82) is 0 Å². The van der Waals surface area contributed by atoms with E-state index in [4.69, 9.17) is 16.6 Å². The van der Waals surface area contributed by atoms with Crippen molar-refractivity contribution in [1.82, 2.24) is 24.3 Å². The van der Waals surface area contributed by atoms with E-state index in [1.54, 1.807) is 6.20 Å². The molecule has 1 saturated carbocycles. The van der Waals surface area contributed by atoms with Gasteiger partial charge >= 0.3 is 0 Å². The third kappa shape index (κ3) is 2.86. The molecule has 2 aliphatic heterocycles. The minimum atomic E-state index is -0.286. The zero-order valence-electron chi connectivity index (χ0n) is 15.6. The Hall–Kier alpha value is -1.92. The summed E-state index contributed by atoms with van der Waals surface area (Å²) >= 11 is 6.05. The lowest BCUT2D eigenvalue weighted by Gasteiger charge is -2.44. The van der Waals surface area contributed by atoms with Crippen LogP contribution >= 0.6 is 11.6 Å². The van der Waals surface area contributed by atoms with Gasteiger partial charge in [-0.15, -0.1) is 0 Å². The standard InChI is InChI=1S/C20H24ClN5O/c1-24-13-23-18-16(24)5-8-26(19(27)15-2-3-15)20(18)6-9-25(12-20)11-14-4-7-22-17(21)10-14/h4,7,10,13,15H,2-3,5-6,8-9,11-12H2,1H3. The second kappa shape index (κ2) is 6.31. The average molecular weight is 386 g/mol. The Bertz CT molecular complexity index is 892. The minimum absolute atomic E-state index is 0.236. The Labute approximate surface area is 164 Å². The van der Waals surface area contributed by atoms with Crippen LogP contribution in [0.25, 0.3) is 0 Å². The van der Waals surface area contributed by atoms with Gasteiger partial charge in [0.15, 0.2) is 0 Å². The number of carbonyl (C=O) groups excluding carboxylic acids is 1. The molecule has 1 atom stereocenters.